The molecule has 160 valence electrons. The first kappa shape index (κ1) is 20.5. The van der Waals surface area contributed by atoms with Crippen molar-refractivity contribution in [3.63, 3.8) is 0 Å². The number of hydrogen-bond acceptors (Lipinski definition) is 6. The minimum Gasteiger partial charge on any atom is -0.503 e. The number of aryl methyl sites for hydroxylation is 2. The number of rotatable bonds is 8. The SMILES string of the molecule is COc1cccc([C@@H]2C(C(=O)c3ccc(C)o3)=C(O)C(=O)N2CCCn2ccnc2)c1. The lowest BCUT2D eigenvalue weighted by Crippen LogP contribution is -2.32. The third kappa shape index (κ3) is 3.96. The van der Waals surface area contributed by atoms with Crippen molar-refractivity contribution < 1.29 is 23.8 Å². The molecule has 0 saturated carbocycles. The highest BCUT2D eigenvalue weighted by molar-refractivity contribution is 6.15. The lowest BCUT2D eigenvalue weighted by molar-refractivity contribution is -0.129. The second kappa shape index (κ2) is 8.51. The number of furan rings is 1. The van der Waals surface area contributed by atoms with Gasteiger partial charge in [-0.3, -0.25) is 9.59 Å². The number of aliphatic hydroxyl groups excluding tert-OH is 1. The summed E-state index contributed by atoms with van der Waals surface area (Å²) in [5, 5.41) is 10.7. The molecule has 0 aliphatic carbocycles. The molecule has 1 N–H and O–H groups in total. The lowest BCUT2D eigenvalue weighted by Gasteiger charge is -2.27. The van der Waals surface area contributed by atoms with Crippen molar-refractivity contribution in [2.45, 2.75) is 25.9 Å². The molecule has 31 heavy (non-hydrogen) atoms. The van der Waals surface area contributed by atoms with Crippen LogP contribution < -0.4 is 4.74 Å². The van der Waals surface area contributed by atoms with E-state index in [9.17, 15) is 14.7 Å². The summed E-state index contributed by atoms with van der Waals surface area (Å²) in [7, 11) is 1.55. The molecular formula is C23H23N3O5. The van der Waals surface area contributed by atoms with Gasteiger partial charge < -0.3 is 23.7 Å². The van der Waals surface area contributed by atoms with Crippen molar-refractivity contribution in [2.24, 2.45) is 0 Å². The molecule has 0 saturated heterocycles. The van der Waals surface area contributed by atoms with Crippen LogP contribution in [0.2, 0.25) is 0 Å². The maximum atomic E-state index is 13.2. The normalized spacial score (nSPS) is 16.3. The van der Waals surface area contributed by atoms with Gasteiger partial charge in [-0.15, -0.1) is 0 Å². The Morgan fingerprint density at radius 3 is 2.77 bits per heavy atom. The smallest absolute Gasteiger partial charge is 0.290 e. The zero-order valence-electron chi connectivity index (χ0n) is 17.3. The number of Topliss-reactive ketones (excluding diaryl/α,β-unsaturated/α-hetero) is 1. The number of imidazole rings is 1. The number of ether oxygens (including phenoxy) is 1. The summed E-state index contributed by atoms with van der Waals surface area (Å²) in [5.74, 6) is -0.387. The lowest BCUT2D eigenvalue weighted by atomic mass is 9.95. The van der Waals surface area contributed by atoms with E-state index in [1.54, 1.807) is 56.9 Å². The van der Waals surface area contributed by atoms with E-state index in [1.807, 2.05) is 16.8 Å². The van der Waals surface area contributed by atoms with Crippen LogP contribution in [0.3, 0.4) is 0 Å². The van der Waals surface area contributed by atoms with Crippen LogP contribution in [0.5, 0.6) is 5.75 Å². The Morgan fingerprint density at radius 1 is 1.26 bits per heavy atom. The van der Waals surface area contributed by atoms with Crippen LogP contribution in [0, 0.1) is 6.92 Å². The summed E-state index contributed by atoms with van der Waals surface area (Å²) in [6, 6.07) is 9.62. The summed E-state index contributed by atoms with van der Waals surface area (Å²) in [6.45, 7) is 2.72. The van der Waals surface area contributed by atoms with E-state index in [-0.39, 0.29) is 11.3 Å². The molecule has 2 aromatic heterocycles. The van der Waals surface area contributed by atoms with Gasteiger partial charge in [-0.25, -0.2) is 4.98 Å². The Labute approximate surface area is 179 Å². The minimum atomic E-state index is -0.747. The average Bonchev–Trinajstić information content (AvgIpc) is 3.50. The Bertz CT molecular complexity index is 1130. The Balaban J connectivity index is 1.69. The highest BCUT2D eigenvalue weighted by Crippen LogP contribution is 2.40. The zero-order chi connectivity index (χ0) is 22.0. The van der Waals surface area contributed by atoms with Gasteiger partial charge in [-0.05, 0) is 43.2 Å². The maximum absolute atomic E-state index is 13.2. The third-order valence-electron chi connectivity index (χ3n) is 5.30. The van der Waals surface area contributed by atoms with Crippen LogP contribution in [-0.4, -0.2) is 44.9 Å². The van der Waals surface area contributed by atoms with Gasteiger partial charge >= 0.3 is 0 Å². The monoisotopic (exact) mass is 421 g/mol. The van der Waals surface area contributed by atoms with Crippen LogP contribution >= 0.6 is 0 Å². The topological polar surface area (TPSA) is 97.8 Å². The van der Waals surface area contributed by atoms with Crippen molar-refractivity contribution in [3.8, 4) is 5.75 Å². The first-order valence-electron chi connectivity index (χ1n) is 9.94. The van der Waals surface area contributed by atoms with Crippen LogP contribution in [-0.2, 0) is 11.3 Å². The molecule has 4 rings (SSSR count). The predicted molar refractivity (Wildman–Crippen MR) is 112 cm³/mol. The number of amides is 1. The highest BCUT2D eigenvalue weighted by Gasteiger charge is 2.44. The number of hydrogen-bond donors (Lipinski definition) is 1. The number of aliphatic hydroxyl groups is 1. The van der Waals surface area contributed by atoms with Crippen LogP contribution in [0.25, 0.3) is 0 Å². The maximum Gasteiger partial charge on any atom is 0.290 e. The van der Waals surface area contributed by atoms with E-state index in [1.165, 1.54) is 4.90 Å². The minimum absolute atomic E-state index is 0.00948. The van der Waals surface area contributed by atoms with E-state index in [4.69, 9.17) is 9.15 Å². The molecule has 1 aliphatic heterocycles. The van der Waals surface area contributed by atoms with Crippen molar-refractivity contribution in [2.75, 3.05) is 13.7 Å². The number of ketones is 1. The summed E-state index contributed by atoms with van der Waals surface area (Å²) < 4.78 is 12.7. The molecule has 0 radical (unpaired) electrons. The van der Waals surface area contributed by atoms with E-state index in [2.05, 4.69) is 4.98 Å². The summed E-state index contributed by atoms with van der Waals surface area (Å²) in [5.41, 5.74) is 0.682. The second-order valence-electron chi connectivity index (χ2n) is 7.33. The van der Waals surface area contributed by atoms with Gasteiger partial charge in [0.1, 0.15) is 11.5 Å². The molecule has 1 aromatic carbocycles. The average molecular weight is 421 g/mol. The van der Waals surface area contributed by atoms with Gasteiger partial charge in [0.15, 0.2) is 11.5 Å². The fourth-order valence-corrected chi connectivity index (χ4v) is 3.81. The quantitative estimate of drug-likeness (QED) is 0.560. The number of nitrogens with zero attached hydrogens (tertiary/aromatic N) is 3. The van der Waals surface area contributed by atoms with Gasteiger partial charge in [0.05, 0.1) is 25.1 Å². The van der Waals surface area contributed by atoms with Crippen LogP contribution in [0.4, 0.5) is 0 Å². The standard InChI is InChI=1S/C23H23N3O5/c1-15-7-8-18(31-15)21(27)19-20(16-5-3-6-17(13-16)30-2)26(23(29)22(19)28)11-4-10-25-12-9-24-14-25/h3,5-9,12-14,20,28H,4,10-11H2,1-2H3/t20-/m1/s1. The predicted octanol–water partition coefficient (Wildman–Crippen LogP) is 3.46. The second-order valence-corrected chi connectivity index (χ2v) is 7.33. The van der Waals surface area contributed by atoms with E-state index in [0.717, 1.165) is 0 Å². The number of carbonyl (C=O) groups excluding carboxylic acids is 2. The van der Waals surface area contributed by atoms with E-state index < -0.39 is 23.5 Å². The fraction of sp³-hybridized carbons (Fsp3) is 0.261. The van der Waals surface area contributed by atoms with Gasteiger partial charge in [0.2, 0.25) is 5.78 Å². The molecule has 3 aromatic rings. The third-order valence-corrected chi connectivity index (χ3v) is 5.30. The van der Waals surface area contributed by atoms with Gasteiger partial charge in [0.25, 0.3) is 5.91 Å². The Hall–Kier alpha value is -3.81. The Morgan fingerprint density at radius 2 is 2.10 bits per heavy atom. The molecule has 1 atom stereocenters. The molecule has 0 bridgehead atoms. The van der Waals surface area contributed by atoms with E-state index >= 15 is 0 Å². The van der Waals surface area contributed by atoms with Crippen LogP contribution in [0.15, 0.2) is 70.9 Å². The first-order chi connectivity index (χ1) is 15.0. The molecule has 8 heteroatoms. The summed E-state index contributed by atoms with van der Waals surface area (Å²) in [6.07, 6.45) is 5.86. The number of aromatic nitrogens is 2. The molecule has 1 aliphatic rings. The highest BCUT2D eigenvalue weighted by atomic mass is 16.5. The molecule has 8 nitrogen and oxygen atoms in total. The zero-order valence-corrected chi connectivity index (χ0v) is 17.3. The molecule has 0 spiro atoms. The van der Waals surface area contributed by atoms with Crippen molar-refractivity contribution in [1.82, 2.24) is 14.5 Å². The largest absolute Gasteiger partial charge is 0.503 e. The molecule has 1 amide bonds. The summed E-state index contributed by atoms with van der Waals surface area (Å²) >= 11 is 0. The van der Waals surface area contributed by atoms with Crippen molar-refractivity contribution in [3.05, 3.63) is 83.5 Å². The first-order valence-corrected chi connectivity index (χ1v) is 9.94. The van der Waals surface area contributed by atoms with Gasteiger partial charge in [0, 0.05) is 25.5 Å². The molecular weight excluding hydrogens is 398 g/mol. The number of carbonyl (C=O) groups is 2. The van der Waals surface area contributed by atoms with Crippen molar-refractivity contribution in [1.29, 1.82) is 0 Å². The number of benzene rings is 1. The molecule has 0 unspecified atom stereocenters. The number of methoxy groups -OCH3 is 1. The fourth-order valence-electron chi connectivity index (χ4n) is 3.81. The van der Waals surface area contributed by atoms with Crippen molar-refractivity contribution >= 4 is 11.7 Å². The molecule has 3 heterocycles. The Kier molecular flexibility index (Phi) is 5.62. The molecule has 0 fully saturated rings. The summed E-state index contributed by atoms with van der Waals surface area (Å²) in [4.78, 5) is 31.7. The van der Waals surface area contributed by atoms with Gasteiger partial charge in [-0.1, -0.05) is 12.1 Å². The van der Waals surface area contributed by atoms with Gasteiger partial charge in [-0.2, -0.15) is 0 Å². The van der Waals surface area contributed by atoms with E-state index in [0.29, 0.717) is 36.6 Å². The van der Waals surface area contributed by atoms with Crippen LogP contribution in [0.1, 0.15) is 34.3 Å².